The third-order valence-electron chi connectivity index (χ3n) is 2.76. The van der Waals surface area contributed by atoms with Gasteiger partial charge in [0.15, 0.2) is 11.6 Å². The van der Waals surface area contributed by atoms with Crippen molar-refractivity contribution >= 4 is 11.3 Å². The average Bonchev–Trinajstić information content (AvgIpc) is 2.79. The highest BCUT2D eigenvalue weighted by atomic mass is 32.1. The summed E-state index contributed by atoms with van der Waals surface area (Å²) in [6.07, 6.45) is 0. The van der Waals surface area contributed by atoms with Crippen LogP contribution in [0, 0.1) is 12.7 Å². The first kappa shape index (κ1) is 14.0. The van der Waals surface area contributed by atoms with Crippen LogP contribution in [0.1, 0.15) is 37.0 Å². The maximum absolute atomic E-state index is 13.5. The summed E-state index contributed by atoms with van der Waals surface area (Å²) >= 11 is 1.55. The topological polar surface area (TPSA) is 22.1 Å². The fourth-order valence-electron chi connectivity index (χ4n) is 1.58. The fraction of sp³-hybridized carbons (Fsp3) is 0.400. The predicted molar refractivity (Wildman–Crippen MR) is 76.3 cm³/mol. The molecule has 1 heterocycles. The second-order valence-corrected chi connectivity index (χ2v) is 6.54. The van der Waals surface area contributed by atoms with Crippen molar-refractivity contribution in [1.29, 1.82) is 0 Å². The minimum absolute atomic E-state index is 0.0311. The zero-order valence-electron chi connectivity index (χ0n) is 11.7. The number of nitrogens with zero attached hydrogens (tertiary/aromatic N) is 1. The highest BCUT2D eigenvalue weighted by Gasteiger charge is 2.17. The number of halogens is 1. The highest BCUT2D eigenvalue weighted by molar-refractivity contribution is 7.09. The molecular weight excluding hydrogens is 261 g/mol. The number of thiazole rings is 1. The lowest BCUT2D eigenvalue weighted by atomic mass is 9.93. The van der Waals surface area contributed by atoms with Crippen LogP contribution >= 0.6 is 11.3 Å². The lowest BCUT2D eigenvalue weighted by Gasteiger charge is -2.14. The molecule has 4 heteroatoms. The van der Waals surface area contributed by atoms with Gasteiger partial charge >= 0.3 is 0 Å². The molecule has 0 N–H and O–H groups in total. The van der Waals surface area contributed by atoms with E-state index in [-0.39, 0.29) is 17.0 Å². The molecule has 2 nitrogen and oxygen atoms in total. The third kappa shape index (κ3) is 3.53. The number of aryl methyl sites for hydroxylation is 1. The van der Waals surface area contributed by atoms with E-state index in [1.165, 1.54) is 6.07 Å². The van der Waals surface area contributed by atoms with E-state index in [1.807, 2.05) is 12.3 Å². The van der Waals surface area contributed by atoms with E-state index in [0.29, 0.717) is 6.61 Å². The van der Waals surface area contributed by atoms with Crippen LogP contribution in [0.4, 0.5) is 4.39 Å². The Bertz CT molecular complexity index is 572. The van der Waals surface area contributed by atoms with Gasteiger partial charge in [-0.15, -0.1) is 11.3 Å². The molecule has 0 saturated heterocycles. The van der Waals surface area contributed by atoms with E-state index >= 15 is 0 Å². The fourth-order valence-corrected chi connectivity index (χ4v) is 2.51. The Labute approximate surface area is 117 Å². The lowest BCUT2D eigenvalue weighted by Crippen LogP contribution is -2.11. The monoisotopic (exact) mass is 279 g/mol. The zero-order valence-corrected chi connectivity index (χ0v) is 12.5. The maximum Gasteiger partial charge on any atom is 0.165 e. The molecule has 0 aliphatic heterocycles. The molecule has 0 radical (unpaired) electrons. The van der Waals surface area contributed by atoms with Gasteiger partial charge in [-0.3, -0.25) is 0 Å². The van der Waals surface area contributed by atoms with Gasteiger partial charge in [0, 0.05) is 10.8 Å². The SMILES string of the molecule is Cc1ccc(F)c(OCc2nc(C(C)(C)C)cs2)c1. The standard InChI is InChI=1S/C15H18FNOS/c1-10-5-6-11(16)12(7-10)18-8-14-17-13(9-19-14)15(2,3)4/h5-7,9H,8H2,1-4H3. The van der Waals surface area contributed by atoms with Crippen molar-refractivity contribution in [3.05, 3.63) is 45.7 Å². The summed E-state index contributed by atoms with van der Waals surface area (Å²) < 4.78 is 19.0. The molecule has 0 bridgehead atoms. The third-order valence-corrected chi connectivity index (χ3v) is 3.58. The molecule has 0 saturated carbocycles. The maximum atomic E-state index is 13.5. The summed E-state index contributed by atoms with van der Waals surface area (Å²) in [5.74, 6) is -0.0503. The van der Waals surface area contributed by atoms with Crippen LogP contribution in [0.5, 0.6) is 5.75 Å². The first-order chi connectivity index (χ1) is 8.86. The first-order valence-electron chi connectivity index (χ1n) is 6.20. The van der Waals surface area contributed by atoms with Crippen molar-refractivity contribution in [3.63, 3.8) is 0 Å². The Balaban J connectivity index is 2.06. The van der Waals surface area contributed by atoms with E-state index in [4.69, 9.17) is 4.74 Å². The minimum atomic E-state index is -0.335. The van der Waals surface area contributed by atoms with Crippen molar-refractivity contribution in [2.75, 3.05) is 0 Å². The first-order valence-corrected chi connectivity index (χ1v) is 7.08. The molecule has 0 unspecified atom stereocenters. The number of hydrogen-bond donors (Lipinski definition) is 0. The van der Waals surface area contributed by atoms with Crippen LogP contribution in [-0.2, 0) is 12.0 Å². The molecule has 2 rings (SSSR count). The van der Waals surface area contributed by atoms with Crippen molar-refractivity contribution < 1.29 is 9.13 Å². The molecule has 0 fully saturated rings. The average molecular weight is 279 g/mol. The lowest BCUT2D eigenvalue weighted by molar-refractivity contribution is 0.289. The second-order valence-electron chi connectivity index (χ2n) is 5.60. The minimum Gasteiger partial charge on any atom is -0.483 e. The number of rotatable bonds is 3. The Morgan fingerprint density at radius 3 is 2.68 bits per heavy atom. The van der Waals surface area contributed by atoms with E-state index in [0.717, 1.165) is 16.3 Å². The molecule has 2 aromatic rings. The Morgan fingerprint density at radius 2 is 2.05 bits per heavy atom. The summed E-state index contributed by atoms with van der Waals surface area (Å²) in [5, 5.41) is 2.90. The van der Waals surface area contributed by atoms with Crippen LogP contribution in [0.25, 0.3) is 0 Å². The van der Waals surface area contributed by atoms with Gasteiger partial charge in [0.1, 0.15) is 11.6 Å². The normalized spacial score (nSPS) is 11.6. The molecule has 102 valence electrons. The Hall–Kier alpha value is -1.42. The molecular formula is C15H18FNOS. The molecule has 0 aliphatic carbocycles. The molecule has 0 aliphatic rings. The summed E-state index contributed by atoms with van der Waals surface area (Å²) in [5.41, 5.74) is 2.05. The van der Waals surface area contributed by atoms with Crippen molar-refractivity contribution in [1.82, 2.24) is 4.98 Å². The number of benzene rings is 1. The zero-order chi connectivity index (χ0) is 14.0. The summed E-state index contributed by atoms with van der Waals surface area (Å²) in [6.45, 7) is 8.57. The van der Waals surface area contributed by atoms with Crippen LogP contribution in [0.2, 0.25) is 0 Å². The van der Waals surface area contributed by atoms with Crippen molar-refractivity contribution in [3.8, 4) is 5.75 Å². The number of ether oxygens (including phenoxy) is 1. The quantitative estimate of drug-likeness (QED) is 0.827. The van der Waals surface area contributed by atoms with Crippen LogP contribution in [0.3, 0.4) is 0 Å². The largest absolute Gasteiger partial charge is 0.483 e. The predicted octanol–water partition coefficient (Wildman–Crippen LogP) is 4.47. The van der Waals surface area contributed by atoms with E-state index in [1.54, 1.807) is 23.5 Å². The highest BCUT2D eigenvalue weighted by Crippen LogP contribution is 2.25. The van der Waals surface area contributed by atoms with Gasteiger partial charge < -0.3 is 4.74 Å². The van der Waals surface area contributed by atoms with E-state index in [2.05, 4.69) is 25.8 Å². The second kappa shape index (κ2) is 5.29. The Morgan fingerprint density at radius 1 is 1.32 bits per heavy atom. The molecule has 1 aromatic carbocycles. The van der Waals surface area contributed by atoms with E-state index in [9.17, 15) is 4.39 Å². The van der Waals surface area contributed by atoms with Crippen LogP contribution < -0.4 is 4.74 Å². The number of hydrogen-bond acceptors (Lipinski definition) is 3. The van der Waals surface area contributed by atoms with Gasteiger partial charge in [0.25, 0.3) is 0 Å². The van der Waals surface area contributed by atoms with Crippen molar-refractivity contribution in [2.24, 2.45) is 0 Å². The van der Waals surface area contributed by atoms with Crippen molar-refractivity contribution in [2.45, 2.75) is 39.7 Å². The molecule has 0 amide bonds. The van der Waals surface area contributed by atoms with Gasteiger partial charge in [-0.25, -0.2) is 9.37 Å². The molecule has 0 atom stereocenters. The van der Waals surface area contributed by atoms with Gasteiger partial charge in [-0.05, 0) is 24.6 Å². The van der Waals surface area contributed by atoms with Gasteiger partial charge in [-0.2, -0.15) is 0 Å². The smallest absolute Gasteiger partial charge is 0.165 e. The van der Waals surface area contributed by atoms with Gasteiger partial charge in [-0.1, -0.05) is 26.8 Å². The Kier molecular flexibility index (Phi) is 3.90. The van der Waals surface area contributed by atoms with Gasteiger partial charge in [0.2, 0.25) is 0 Å². The van der Waals surface area contributed by atoms with Crippen LogP contribution in [0.15, 0.2) is 23.6 Å². The van der Waals surface area contributed by atoms with Crippen LogP contribution in [-0.4, -0.2) is 4.98 Å². The summed E-state index contributed by atoms with van der Waals surface area (Å²) in [7, 11) is 0. The molecule has 19 heavy (non-hydrogen) atoms. The summed E-state index contributed by atoms with van der Waals surface area (Å²) in [6, 6.07) is 4.85. The molecule has 0 spiro atoms. The van der Waals surface area contributed by atoms with Gasteiger partial charge in [0.05, 0.1) is 5.69 Å². The van der Waals surface area contributed by atoms with E-state index < -0.39 is 0 Å². The number of aromatic nitrogens is 1. The summed E-state index contributed by atoms with van der Waals surface area (Å²) in [4.78, 5) is 4.52. The molecule has 1 aromatic heterocycles.